The Kier molecular flexibility index (Phi) is 4.10. The topological polar surface area (TPSA) is 38.1 Å². The van der Waals surface area contributed by atoms with Crippen LogP contribution in [0.2, 0.25) is 0 Å². The monoisotopic (exact) mass is 331 g/mol. The first-order chi connectivity index (χ1) is 12.2. The molecule has 2 heterocycles. The van der Waals surface area contributed by atoms with Crippen molar-refractivity contribution in [1.29, 1.82) is 0 Å². The normalized spacial score (nSPS) is 13.6. The van der Waals surface area contributed by atoms with Gasteiger partial charge in [-0.25, -0.2) is 0 Å². The summed E-state index contributed by atoms with van der Waals surface area (Å²) in [7, 11) is 0. The fourth-order valence-electron chi connectivity index (χ4n) is 3.54. The Labute approximate surface area is 147 Å². The van der Waals surface area contributed by atoms with E-state index in [1.54, 1.807) is 6.20 Å². The van der Waals surface area contributed by atoms with Crippen LogP contribution in [0.15, 0.2) is 60.9 Å². The lowest BCUT2D eigenvalue weighted by Gasteiger charge is -2.31. The van der Waals surface area contributed by atoms with E-state index >= 15 is 0 Å². The third kappa shape index (κ3) is 3.07. The molecule has 0 atom stereocenters. The van der Waals surface area contributed by atoms with Gasteiger partial charge in [0, 0.05) is 24.5 Å². The van der Waals surface area contributed by atoms with Crippen molar-refractivity contribution in [3.63, 3.8) is 0 Å². The first-order valence-electron chi connectivity index (χ1n) is 8.69. The molecule has 3 aromatic rings. The molecule has 1 amide bonds. The maximum Gasteiger partial charge on any atom is 0.258 e. The number of rotatable bonds is 3. The van der Waals surface area contributed by atoms with Crippen LogP contribution in [-0.2, 0) is 13.0 Å². The number of benzene rings is 2. The number of carbonyl (C=O) groups excluding carboxylic acids is 1. The van der Waals surface area contributed by atoms with E-state index in [0.717, 1.165) is 36.2 Å². The summed E-state index contributed by atoms with van der Waals surface area (Å²) < 4.78 is 1.88. The summed E-state index contributed by atoms with van der Waals surface area (Å²) in [6.45, 7) is 3.58. The minimum Gasteiger partial charge on any atom is -0.308 e. The molecular formula is C21H21N3O. The molecule has 4 nitrogen and oxygen atoms in total. The van der Waals surface area contributed by atoms with Gasteiger partial charge in [0.25, 0.3) is 5.91 Å². The van der Waals surface area contributed by atoms with Crippen LogP contribution >= 0.6 is 0 Å². The van der Waals surface area contributed by atoms with Crippen LogP contribution in [0.25, 0.3) is 0 Å². The number of aryl methyl sites for hydroxylation is 2. The molecule has 4 heteroatoms. The molecule has 2 aromatic carbocycles. The molecule has 1 aliphatic heterocycles. The van der Waals surface area contributed by atoms with Crippen LogP contribution < -0.4 is 4.90 Å². The van der Waals surface area contributed by atoms with Gasteiger partial charge in [-0.2, -0.15) is 5.10 Å². The van der Waals surface area contributed by atoms with Crippen molar-refractivity contribution in [3.05, 3.63) is 83.2 Å². The van der Waals surface area contributed by atoms with Gasteiger partial charge in [-0.15, -0.1) is 0 Å². The molecular weight excluding hydrogens is 310 g/mol. The van der Waals surface area contributed by atoms with E-state index in [1.165, 1.54) is 11.1 Å². The lowest BCUT2D eigenvalue weighted by atomic mass is 9.97. The van der Waals surface area contributed by atoms with E-state index in [0.29, 0.717) is 6.54 Å². The molecule has 0 aliphatic carbocycles. The summed E-state index contributed by atoms with van der Waals surface area (Å²) >= 11 is 0. The van der Waals surface area contributed by atoms with Crippen LogP contribution in [-0.4, -0.2) is 22.2 Å². The molecule has 0 saturated carbocycles. The molecule has 0 spiro atoms. The minimum absolute atomic E-state index is 0.0842. The minimum atomic E-state index is 0.0842. The smallest absolute Gasteiger partial charge is 0.258 e. The highest BCUT2D eigenvalue weighted by atomic mass is 16.2. The van der Waals surface area contributed by atoms with Crippen LogP contribution in [0.3, 0.4) is 0 Å². The van der Waals surface area contributed by atoms with Gasteiger partial charge in [-0.3, -0.25) is 9.48 Å². The molecule has 25 heavy (non-hydrogen) atoms. The predicted molar refractivity (Wildman–Crippen MR) is 98.9 cm³/mol. The summed E-state index contributed by atoms with van der Waals surface area (Å²) in [5.41, 5.74) is 5.41. The Morgan fingerprint density at radius 1 is 1.12 bits per heavy atom. The standard InChI is InChI=1S/C21H21N3O/c1-16-5-2-6-18-7-3-14-24(20(16)18)21(25)19-10-8-17(9-11-19)15-23-13-4-12-22-23/h2,4-6,8-13H,3,7,14-15H2,1H3. The quantitative estimate of drug-likeness (QED) is 0.731. The second-order valence-corrected chi connectivity index (χ2v) is 6.54. The van der Waals surface area contributed by atoms with Gasteiger partial charge in [0.15, 0.2) is 0 Å². The molecule has 4 rings (SSSR count). The Balaban J connectivity index is 1.58. The zero-order valence-electron chi connectivity index (χ0n) is 14.4. The summed E-state index contributed by atoms with van der Waals surface area (Å²) in [4.78, 5) is 15.0. The maximum atomic E-state index is 13.1. The number of amides is 1. The van der Waals surface area contributed by atoms with Crippen LogP contribution in [0, 0.1) is 6.92 Å². The zero-order chi connectivity index (χ0) is 17.2. The highest BCUT2D eigenvalue weighted by molar-refractivity contribution is 6.07. The summed E-state index contributed by atoms with van der Waals surface area (Å²) in [6.07, 6.45) is 5.77. The molecule has 0 fully saturated rings. The van der Waals surface area contributed by atoms with Gasteiger partial charge >= 0.3 is 0 Å². The van der Waals surface area contributed by atoms with Crippen molar-refractivity contribution < 1.29 is 4.79 Å². The number of aromatic nitrogens is 2. The van der Waals surface area contributed by atoms with E-state index in [4.69, 9.17) is 0 Å². The number of fused-ring (bicyclic) bond motifs is 1. The first-order valence-corrected chi connectivity index (χ1v) is 8.69. The van der Waals surface area contributed by atoms with Crippen LogP contribution in [0.5, 0.6) is 0 Å². The molecule has 0 N–H and O–H groups in total. The van der Waals surface area contributed by atoms with E-state index in [2.05, 4.69) is 30.2 Å². The van der Waals surface area contributed by atoms with Crippen molar-refractivity contribution in [1.82, 2.24) is 9.78 Å². The Bertz CT molecular complexity index is 882. The third-order valence-corrected chi connectivity index (χ3v) is 4.77. The van der Waals surface area contributed by atoms with Gasteiger partial charge in [-0.05, 0) is 54.7 Å². The lowest BCUT2D eigenvalue weighted by Crippen LogP contribution is -2.36. The Morgan fingerprint density at radius 2 is 1.96 bits per heavy atom. The van der Waals surface area contributed by atoms with Gasteiger partial charge in [-0.1, -0.05) is 30.3 Å². The van der Waals surface area contributed by atoms with Gasteiger partial charge < -0.3 is 4.90 Å². The van der Waals surface area contributed by atoms with E-state index in [9.17, 15) is 4.79 Å². The number of carbonyl (C=O) groups is 1. The van der Waals surface area contributed by atoms with Crippen molar-refractivity contribution >= 4 is 11.6 Å². The van der Waals surface area contributed by atoms with Crippen LogP contribution in [0.1, 0.15) is 33.5 Å². The average Bonchev–Trinajstić information content (AvgIpc) is 3.15. The average molecular weight is 331 g/mol. The second kappa shape index (κ2) is 6.55. The van der Waals surface area contributed by atoms with Crippen molar-refractivity contribution in [2.45, 2.75) is 26.3 Å². The second-order valence-electron chi connectivity index (χ2n) is 6.54. The van der Waals surface area contributed by atoms with Crippen molar-refractivity contribution in [3.8, 4) is 0 Å². The Morgan fingerprint density at radius 3 is 2.72 bits per heavy atom. The molecule has 0 saturated heterocycles. The van der Waals surface area contributed by atoms with Gasteiger partial charge in [0.05, 0.1) is 12.2 Å². The molecule has 0 unspecified atom stereocenters. The molecule has 0 radical (unpaired) electrons. The molecule has 0 bridgehead atoms. The fourth-order valence-corrected chi connectivity index (χ4v) is 3.54. The van der Waals surface area contributed by atoms with Gasteiger partial charge in [0.2, 0.25) is 0 Å². The summed E-state index contributed by atoms with van der Waals surface area (Å²) in [5.74, 6) is 0.0842. The number of hydrogen-bond acceptors (Lipinski definition) is 2. The number of para-hydroxylation sites is 1. The largest absolute Gasteiger partial charge is 0.308 e. The number of hydrogen-bond donors (Lipinski definition) is 0. The van der Waals surface area contributed by atoms with E-state index in [-0.39, 0.29) is 5.91 Å². The molecule has 1 aromatic heterocycles. The zero-order valence-corrected chi connectivity index (χ0v) is 14.4. The Hall–Kier alpha value is -2.88. The van der Waals surface area contributed by atoms with Gasteiger partial charge in [0.1, 0.15) is 0 Å². The third-order valence-electron chi connectivity index (χ3n) is 4.77. The highest BCUT2D eigenvalue weighted by Crippen LogP contribution is 2.31. The first kappa shape index (κ1) is 15.6. The summed E-state index contributed by atoms with van der Waals surface area (Å²) in [5, 5.41) is 4.22. The van der Waals surface area contributed by atoms with Crippen molar-refractivity contribution in [2.75, 3.05) is 11.4 Å². The van der Waals surface area contributed by atoms with E-state index < -0.39 is 0 Å². The molecule has 1 aliphatic rings. The number of nitrogens with zero attached hydrogens (tertiary/aromatic N) is 3. The maximum absolute atomic E-state index is 13.1. The van der Waals surface area contributed by atoms with Crippen LogP contribution in [0.4, 0.5) is 5.69 Å². The fraction of sp³-hybridized carbons (Fsp3) is 0.238. The lowest BCUT2D eigenvalue weighted by molar-refractivity contribution is 0.0985. The van der Waals surface area contributed by atoms with Crippen molar-refractivity contribution in [2.24, 2.45) is 0 Å². The SMILES string of the molecule is Cc1cccc2c1N(C(=O)c1ccc(Cn3cccn3)cc1)CCC2. The summed E-state index contributed by atoms with van der Waals surface area (Å²) in [6, 6.07) is 16.1. The number of anilines is 1. The highest BCUT2D eigenvalue weighted by Gasteiger charge is 2.24. The molecule has 126 valence electrons. The predicted octanol–water partition coefficient (Wildman–Crippen LogP) is 3.83. The van der Waals surface area contributed by atoms with E-state index in [1.807, 2.05) is 46.1 Å².